The summed E-state index contributed by atoms with van der Waals surface area (Å²) in [5.41, 5.74) is 2.52. The predicted molar refractivity (Wildman–Crippen MR) is 74.1 cm³/mol. The van der Waals surface area contributed by atoms with E-state index in [2.05, 4.69) is 39.8 Å². The van der Waals surface area contributed by atoms with Crippen LogP contribution in [0.15, 0.2) is 18.2 Å². The van der Waals surface area contributed by atoms with Crippen molar-refractivity contribution in [2.45, 2.75) is 52.1 Å². The van der Waals surface area contributed by atoms with Crippen LogP contribution in [0.3, 0.4) is 0 Å². The van der Waals surface area contributed by atoms with Crippen molar-refractivity contribution >= 4 is 0 Å². The Bertz CT molecular complexity index is 414. The molecule has 1 aromatic rings. The number of aliphatic hydroxyl groups is 1. The van der Waals surface area contributed by atoms with Crippen LogP contribution in [0.2, 0.25) is 0 Å². The molecule has 1 aliphatic rings. The van der Waals surface area contributed by atoms with Gasteiger partial charge in [-0.1, -0.05) is 38.5 Å². The van der Waals surface area contributed by atoms with Crippen LogP contribution in [0.5, 0.6) is 5.75 Å². The van der Waals surface area contributed by atoms with Crippen LogP contribution in [0.1, 0.15) is 44.7 Å². The monoisotopic (exact) mass is 248 g/mol. The Balaban J connectivity index is 2.11. The van der Waals surface area contributed by atoms with E-state index in [0.717, 1.165) is 18.6 Å². The zero-order chi connectivity index (χ0) is 13.3. The molecule has 0 spiro atoms. The van der Waals surface area contributed by atoms with Gasteiger partial charge in [-0.05, 0) is 42.7 Å². The third kappa shape index (κ3) is 3.26. The smallest absolute Gasteiger partial charge is 0.123 e. The lowest BCUT2D eigenvalue weighted by Crippen LogP contribution is -2.21. The van der Waals surface area contributed by atoms with Crippen molar-refractivity contribution in [2.75, 3.05) is 6.61 Å². The maximum atomic E-state index is 9.87. The third-order valence-corrected chi connectivity index (χ3v) is 3.52. The molecule has 0 aromatic heterocycles. The van der Waals surface area contributed by atoms with E-state index in [9.17, 15) is 5.11 Å². The van der Waals surface area contributed by atoms with Gasteiger partial charge in [0.2, 0.25) is 0 Å². The summed E-state index contributed by atoms with van der Waals surface area (Å²) >= 11 is 0. The van der Waals surface area contributed by atoms with E-state index < -0.39 is 0 Å². The van der Waals surface area contributed by atoms with Crippen molar-refractivity contribution < 1.29 is 9.84 Å². The van der Waals surface area contributed by atoms with Gasteiger partial charge in [-0.3, -0.25) is 0 Å². The fourth-order valence-corrected chi connectivity index (χ4v) is 2.15. The molecule has 2 rings (SSSR count). The number of rotatable bonds is 4. The molecule has 0 bridgehead atoms. The SMILES string of the molecule is Cc1ccc(OCC(O)C2CC2)c(C(C)(C)C)c1. The Morgan fingerprint density at radius 3 is 2.56 bits per heavy atom. The second-order valence-electron chi connectivity index (χ2n) is 6.47. The summed E-state index contributed by atoms with van der Waals surface area (Å²) in [6.45, 7) is 9.07. The largest absolute Gasteiger partial charge is 0.491 e. The molecule has 0 heterocycles. The van der Waals surface area contributed by atoms with E-state index in [0.29, 0.717) is 12.5 Å². The number of aryl methyl sites for hydroxylation is 1. The molecule has 1 atom stereocenters. The Morgan fingerprint density at radius 1 is 1.33 bits per heavy atom. The van der Waals surface area contributed by atoms with Gasteiger partial charge in [-0.15, -0.1) is 0 Å². The summed E-state index contributed by atoms with van der Waals surface area (Å²) in [5, 5.41) is 9.87. The first-order valence-electron chi connectivity index (χ1n) is 6.80. The van der Waals surface area contributed by atoms with E-state index in [4.69, 9.17) is 4.74 Å². The van der Waals surface area contributed by atoms with E-state index in [1.54, 1.807) is 0 Å². The van der Waals surface area contributed by atoms with Gasteiger partial charge in [0, 0.05) is 0 Å². The Hall–Kier alpha value is -1.02. The van der Waals surface area contributed by atoms with Gasteiger partial charge in [0.1, 0.15) is 12.4 Å². The summed E-state index contributed by atoms with van der Waals surface area (Å²) in [5.74, 6) is 1.38. The summed E-state index contributed by atoms with van der Waals surface area (Å²) < 4.78 is 5.83. The normalized spacial score (nSPS) is 17.6. The summed E-state index contributed by atoms with van der Waals surface area (Å²) in [7, 11) is 0. The van der Waals surface area contributed by atoms with Crippen LogP contribution < -0.4 is 4.74 Å². The molecule has 100 valence electrons. The highest BCUT2D eigenvalue weighted by Crippen LogP contribution is 2.35. The van der Waals surface area contributed by atoms with E-state index in [-0.39, 0.29) is 11.5 Å². The van der Waals surface area contributed by atoms with Gasteiger partial charge < -0.3 is 9.84 Å². The minimum absolute atomic E-state index is 0.0614. The first-order chi connectivity index (χ1) is 8.38. The quantitative estimate of drug-likeness (QED) is 0.884. The summed E-state index contributed by atoms with van der Waals surface area (Å²) in [6.07, 6.45) is 1.98. The summed E-state index contributed by atoms with van der Waals surface area (Å²) in [4.78, 5) is 0. The van der Waals surface area contributed by atoms with Crippen molar-refractivity contribution in [3.63, 3.8) is 0 Å². The van der Waals surface area contributed by atoms with Crippen molar-refractivity contribution in [2.24, 2.45) is 5.92 Å². The molecule has 1 fully saturated rings. The van der Waals surface area contributed by atoms with Crippen LogP contribution in [-0.4, -0.2) is 17.8 Å². The Labute approximate surface area is 110 Å². The fraction of sp³-hybridized carbons (Fsp3) is 0.625. The molecule has 0 radical (unpaired) electrons. The molecule has 1 N–H and O–H groups in total. The molecule has 1 saturated carbocycles. The second-order valence-corrected chi connectivity index (χ2v) is 6.47. The van der Waals surface area contributed by atoms with Crippen LogP contribution >= 0.6 is 0 Å². The Morgan fingerprint density at radius 2 is 2.00 bits per heavy atom. The molecule has 2 nitrogen and oxygen atoms in total. The van der Waals surface area contributed by atoms with Crippen molar-refractivity contribution in [3.05, 3.63) is 29.3 Å². The topological polar surface area (TPSA) is 29.5 Å². The van der Waals surface area contributed by atoms with Crippen molar-refractivity contribution in [1.82, 2.24) is 0 Å². The van der Waals surface area contributed by atoms with Gasteiger partial charge in [-0.2, -0.15) is 0 Å². The number of hydrogen-bond acceptors (Lipinski definition) is 2. The van der Waals surface area contributed by atoms with Crippen LogP contribution in [0, 0.1) is 12.8 Å². The lowest BCUT2D eigenvalue weighted by molar-refractivity contribution is 0.0885. The summed E-state index contributed by atoms with van der Waals surface area (Å²) in [6, 6.07) is 6.27. The van der Waals surface area contributed by atoms with Crippen molar-refractivity contribution in [1.29, 1.82) is 0 Å². The first-order valence-corrected chi connectivity index (χ1v) is 6.80. The zero-order valence-corrected chi connectivity index (χ0v) is 11.9. The molecule has 1 aromatic carbocycles. The third-order valence-electron chi connectivity index (χ3n) is 3.52. The fourth-order valence-electron chi connectivity index (χ4n) is 2.15. The highest BCUT2D eigenvalue weighted by Gasteiger charge is 2.30. The average molecular weight is 248 g/mol. The van der Waals surface area contributed by atoms with E-state index in [1.165, 1.54) is 11.1 Å². The lowest BCUT2D eigenvalue weighted by Gasteiger charge is -2.24. The molecule has 0 amide bonds. The molecular formula is C16H24O2. The van der Waals surface area contributed by atoms with Gasteiger partial charge in [-0.25, -0.2) is 0 Å². The molecule has 2 heteroatoms. The lowest BCUT2D eigenvalue weighted by atomic mass is 9.85. The molecule has 0 saturated heterocycles. The molecule has 1 unspecified atom stereocenters. The molecule has 0 aliphatic heterocycles. The molecular weight excluding hydrogens is 224 g/mol. The standard InChI is InChI=1S/C16H24O2/c1-11-5-8-15(13(9-11)16(2,3)4)18-10-14(17)12-6-7-12/h5,8-9,12,14,17H,6-7,10H2,1-4H3. The van der Waals surface area contributed by atoms with Gasteiger partial charge >= 0.3 is 0 Å². The maximum Gasteiger partial charge on any atom is 0.123 e. The number of aliphatic hydroxyl groups excluding tert-OH is 1. The molecule has 1 aliphatic carbocycles. The number of hydrogen-bond donors (Lipinski definition) is 1. The van der Waals surface area contributed by atoms with Gasteiger partial charge in [0.05, 0.1) is 6.10 Å². The van der Waals surface area contributed by atoms with E-state index >= 15 is 0 Å². The minimum Gasteiger partial charge on any atom is -0.491 e. The van der Waals surface area contributed by atoms with E-state index in [1.807, 2.05) is 6.07 Å². The maximum absolute atomic E-state index is 9.87. The van der Waals surface area contributed by atoms with Gasteiger partial charge in [0.15, 0.2) is 0 Å². The highest BCUT2D eigenvalue weighted by atomic mass is 16.5. The van der Waals surface area contributed by atoms with Crippen LogP contribution in [0.25, 0.3) is 0 Å². The number of benzene rings is 1. The number of ether oxygens (including phenoxy) is 1. The second kappa shape index (κ2) is 4.93. The zero-order valence-electron chi connectivity index (χ0n) is 11.9. The Kier molecular flexibility index (Phi) is 3.67. The van der Waals surface area contributed by atoms with Crippen LogP contribution in [0.4, 0.5) is 0 Å². The highest BCUT2D eigenvalue weighted by molar-refractivity contribution is 5.41. The van der Waals surface area contributed by atoms with Crippen molar-refractivity contribution in [3.8, 4) is 5.75 Å². The molecule has 18 heavy (non-hydrogen) atoms. The predicted octanol–water partition coefficient (Wildman–Crippen LogP) is 3.44. The first kappa shape index (κ1) is 13.4. The average Bonchev–Trinajstić information content (AvgIpc) is 3.09. The van der Waals surface area contributed by atoms with Gasteiger partial charge in [0.25, 0.3) is 0 Å². The minimum atomic E-state index is -0.306. The van der Waals surface area contributed by atoms with Crippen LogP contribution in [-0.2, 0) is 5.41 Å².